The molecule has 180 valence electrons. The van der Waals surface area contributed by atoms with Crippen molar-refractivity contribution in [3.63, 3.8) is 0 Å². The Balaban J connectivity index is 1.32. The van der Waals surface area contributed by atoms with E-state index in [0.717, 1.165) is 0 Å². The topological polar surface area (TPSA) is 86.7 Å². The Morgan fingerprint density at radius 3 is 1.37 bits per heavy atom. The van der Waals surface area contributed by atoms with Crippen molar-refractivity contribution in [2.75, 3.05) is 0 Å². The van der Waals surface area contributed by atoms with Crippen molar-refractivity contribution in [2.24, 2.45) is 0 Å². The first kappa shape index (κ1) is 24.9. The Hall–Kier alpha value is -3.22. The summed E-state index contributed by atoms with van der Waals surface area (Å²) in [5.74, 6) is -0.541. The maximum absolute atomic E-state index is 12.4. The van der Waals surface area contributed by atoms with E-state index in [1.807, 2.05) is 0 Å². The van der Waals surface area contributed by atoms with Crippen LogP contribution >= 0.6 is 23.2 Å². The van der Waals surface area contributed by atoms with Crippen LogP contribution in [0.25, 0.3) is 11.1 Å². The number of halogens is 2. The molecule has 2 aromatic rings. The van der Waals surface area contributed by atoms with E-state index in [1.54, 1.807) is 48.5 Å². The average Bonchev–Trinajstić information content (AvgIpc) is 3.37. The highest BCUT2D eigenvalue weighted by molar-refractivity contribution is 6.31. The van der Waals surface area contributed by atoms with Crippen molar-refractivity contribution >= 4 is 57.9 Å². The molecule has 0 saturated heterocycles. The van der Waals surface area contributed by atoms with Gasteiger partial charge in [-0.05, 0) is 41.8 Å². The van der Waals surface area contributed by atoms with Gasteiger partial charge < -0.3 is 9.47 Å². The van der Waals surface area contributed by atoms with Gasteiger partial charge in [-0.3, -0.25) is 19.2 Å². The molecule has 0 fully saturated rings. The summed E-state index contributed by atoms with van der Waals surface area (Å²) < 4.78 is 10.9. The van der Waals surface area contributed by atoms with Crippen LogP contribution in [-0.4, -0.2) is 23.5 Å². The van der Waals surface area contributed by atoms with Gasteiger partial charge in [0.05, 0.1) is 11.1 Å². The van der Waals surface area contributed by atoms with Gasteiger partial charge in [0.25, 0.3) is 0 Å². The fourth-order valence-electron chi connectivity index (χ4n) is 4.10. The number of allylic oxidation sites excluding steroid dienone is 4. The first-order valence-electron chi connectivity index (χ1n) is 11.3. The summed E-state index contributed by atoms with van der Waals surface area (Å²) in [5.41, 5.74) is 2.09. The largest absolute Gasteiger partial charge is 0.430 e. The standard InChI is InChI=1S/C27H22Cl2O6/c28-18-8-4-16(5-9-18)26-20(30)12-14-22(26)34-24(32)2-1-3-25(33)35-23-15-13-21(31)27(23)17-6-10-19(29)11-7-17/h4-11H,1-3,12-15H2. The van der Waals surface area contributed by atoms with Gasteiger partial charge in [0, 0.05) is 48.6 Å². The first-order chi connectivity index (χ1) is 16.8. The van der Waals surface area contributed by atoms with E-state index in [4.69, 9.17) is 32.7 Å². The molecule has 0 bridgehead atoms. The lowest BCUT2D eigenvalue weighted by molar-refractivity contribution is -0.141. The molecule has 0 amide bonds. The van der Waals surface area contributed by atoms with Crippen molar-refractivity contribution in [1.29, 1.82) is 0 Å². The monoisotopic (exact) mass is 512 g/mol. The van der Waals surface area contributed by atoms with Crippen molar-refractivity contribution in [1.82, 2.24) is 0 Å². The Morgan fingerprint density at radius 2 is 1.00 bits per heavy atom. The lowest BCUT2D eigenvalue weighted by atomic mass is 10.0. The summed E-state index contributed by atoms with van der Waals surface area (Å²) in [6, 6.07) is 13.5. The van der Waals surface area contributed by atoms with Crippen molar-refractivity contribution in [3.8, 4) is 0 Å². The van der Waals surface area contributed by atoms with Crippen LogP contribution in [0.4, 0.5) is 0 Å². The van der Waals surface area contributed by atoms with Crippen LogP contribution in [0.2, 0.25) is 10.0 Å². The Morgan fingerprint density at radius 1 is 0.629 bits per heavy atom. The minimum Gasteiger partial charge on any atom is -0.430 e. The zero-order chi connectivity index (χ0) is 24.9. The molecule has 0 unspecified atom stereocenters. The number of Topliss-reactive ketones (excluding diaryl/α,β-unsaturated/α-hetero) is 2. The van der Waals surface area contributed by atoms with E-state index in [1.165, 1.54) is 0 Å². The Kier molecular flexibility index (Phi) is 7.83. The maximum Gasteiger partial charge on any atom is 0.310 e. The summed E-state index contributed by atoms with van der Waals surface area (Å²) in [6.07, 6.45) is 1.44. The number of benzene rings is 2. The van der Waals surface area contributed by atoms with Crippen LogP contribution < -0.4 is 0 Å². The SMILES string of the molecule is O=C(CCCC(=O)OC1=C(c2ccc(Cl)cc2)C(=O)CC1)OC1=C(c2ccc(Cl)cc2)C(=O)CC1. The van der Waals surface area contributed by atoms with E-state index in [2.05, 4.69) is 0 Å². The van der Waals surface area contributed by atoms with Crippen LogP contribution in [0, 0.1) is 0 Å². The normalized spacial score (nSPS) is 15.7. The number of rotatable bonds is 8. The minimum atomic E-state index is -0.522. The smallest absolute Gasteiger partial charge is 0.310 e. The zero-order valence-corrected chi connectivity index (χ0v) is 20.3. The Bertz CT molecular complexity index is 1140. The van der Waals surface area contributed by atoms with Crippen molar-refractivity contribution in [2.45, 2.75) is 44.9 Å². The third kappa shape index (κ3) is 6.08. The highest BCUT2D eigenvalue weighted by Gasteiger charge is 2.29. The van der Waals surface area contributed by atoms with E-state index in [0.29, 0.717) is 56.7 Å². The average molecular weight is 513 g/mol. The van der Waals surface area contributed by atoms with Crippen LogP contribution in [-0.2, 0) is 28.7 Å². The van der Waals surface area contributed by atoms with Gasteiger partial charge in [0.1, 0.15) is 11.5 Å². The summed E-state index contributed by atoms with van der Waals surface area (Å²) in [5, 5.41) is 1.09. The highest BCUT2D eigenvalue weighted by atomic mass is 35.5. The van der Waals surface area contributed by atoms with E-state index < -0.39 is 11.9 Å². The molecule has 4 rings (SSSR count). The Labute approximate surface area is 212 Å². The van der Waals surface area contributed by atoms with E-state index >= 15 is 0 Å². The molecule has 0 spiro atoms. The second kappa shape index (κ2) is 11.0. The quantitative estimate of drug-likeness (QED) is 0.397. The predicted molar refractivity (Wildman–Crippen MR) is 131 cm³/mol. The molecule has 0 N–H and O–H groups in total. The molecule has 35 heavy (non-hydrogen) atoms. The summed E-state index contributed by atoms with van der Waals surface area (Å²) in [6.45, 7) is 0. The number of esters is 2. The molecule has 0 heterocycles. The number of ketones is 2. The van der Waals surface area contributed by atoms with Gasteiger partial charge in [-0.2, -0.15) is 0 Å². The number of carbonyl (C=O) groups excluding carboxylic acids is 4. The number of hydrogen-bond acceptors (Lipinski definition) is 6. The number of hydrogen-bond donors (Lipinski definition) is 0. The molecule has 0 aromatic heterocycles. The predicted octanol–water partition coefficient (Wildman–Crippen LogP) is 6.10. The summed E-state index contributed by atoms with van der Waals surface area (Å²) >= 11 is 11.8. The van der Waals surface area contributed by atoms with Crippen LogP contribution in [0.15, 0.2) is 60.0 Å². The number of ether oxygens (including phenoxy) is 2. The third-order valence-corrected chi connectivity index (χ3v) is 6.28. The molecular weight excluding hydrogens is 491 g/mol. The fourth-order valence-corrected chi connectivity index (χ4v) is 4.35. The molecular formula is C27H22Cl2O6. The molecule has 0 saturated carbocycles. The summed E-state index contributed by atoms with van der Waals surface area (Å²) in [4.78, 5) is 49.3. The van der Waals surface area contributed by atoms with Crippen LogP contribution in [0.1, 0.15) is 56.1 Å². The molecule has 0 aliphatic heterocycles. The molecule has 6 nitrogen and oxygen atoms in total. The van der Waals surface area contributed by atoms with Crippen molar-refractivity contribution in [3.05, 3.63) is 81.2 Å². The maximum atomic E-state index is 12.4. The molecule has 2 aliphatic carbocycles. The van der Waals surface area contributed by atoms with E-state index in [9.17, 15) is 19.2 Å². The third-order valence-electron chi connectivity index (χ3n) is 5.78. The lowest BCUT2D eigenvalue weighted by Gasteiger charge is -2.09. The van der Waals surface area contributed by atoms with Gasteiger partial charge in [-0.1, -0.05) is 47.5 Å². The lowest BCUT2D eigenvalue weighted by Crippen LogP contribution is -2.08. The second-order valence-corrected chi connectivity index (χ2v) is 9.13. The molecule has 0 atom stereocenters. The molecule has 2 aromatic carbocycles. The highest BCUT2D eigenvalue weighted by Crippen LogP contribution is 2.34. The van der Waals surface area contributed by atoms with Crippen LogP contribution in [0.5, 0.6) is 0 Å². The van der Waals surface area contributed by atoms with Gasteiger partial charge in [0.15, 0.2) is 11.6 Å². The molecule has 0 radical (unpaired) electrons. The van der Waals surface area contributed by atoms with Crippen molar-refractivity contribution < 1.29 is 28.7 Å². The van der Waals surface area contributed by atoms with Gasteiger partial charge in [0.2, 0.25) is 0 Å². The first-order valence-corrected chi connectivity index (χ1v) is 12.0. The second-order valence-electron chi connectivity index (χ2n) is 8.26. The van der Waals surface area contributed by atoms with Gasteiger partial charge >= 0.3 is 11.9 Å². The van der Waals surface area contributed by atoms with Crippen LogP contribution in [0.3, 0.4) is 0 Å². The molecule has 2 aliphatic rings. The minimum absolute atomic E-state index is 0.0112. The number of carbonyl (C=O) groups is 4. The van der Waals surface area contributed by atoms with Gasteiger partial charge in [-0.25, -0.2) is 0 Å². The van der Waals surface area contributed by atoms with E-state index in [-0.39, 0.29) is 43.7 Å². The van der Waals surface area contributed by atoms with Gasteiger partial charge in [-0.15, -0.1) is 0 Å². The summed E-state index contributed by atoms with van der Waals surface area (Å²) in [7, 11) is 0. The molecule has 8 heteroatoms. The zero-order valence-electron chi connectivity index (χ0n) is 18.8. The fraction of sp³-hybridized carbons (Fsp3) is 0.259.